The summed E-state index contributed by atoms with van der Waals surface area (Å²) in [7, 11) is 0. The van der Waals surface area contributed by atoms with E-state index in [1.165, 1.54) is 0 Å². The Kier molecular flexibility index (Phi) is 4.57. The minimum atomic E-state index is -0.268. The average Bonchev–Trinajstić information content (AvgIpc) is 2.98. The van der Waals surface area contributed by atoms with Crippen LogP contribution in [0.5, 0.6) is 0 Å². The van der Waals surface area contributed by atoms with E-state index in [1.807, 2.05) is 36.9 Å². The molecule has 1 aromatic rings. The van der Waals surface area contributed by atoms with E-state index in [4.69, 9.17) is 5.26 Å². The number of likely N-dealkylation sites (tertiary alicyclic amines) is 1. The zero-order valence-corrected chi connectivity index (χ0v) is 14.3. The molecule has 5 heteroatoms. The van der Waals surface area contributed by atoms with Crippen LogP contribution >= 0.6 is 0 Å². The SMILES string of the molecule is Cc1cccc(N2CC(C(=O)N3CCC(C#N)CC3)CC2=O)c1C. The van der Waals surface area contributed by atoms with E-state index in [2.05, 4.69) is 6.07 Å². The molecule has 2 amide bonds. The Morgan fingerprint density at radius 2 is 1.96 bits per heavy atom. The number of nitrogens with zero attached hydrogens (tertiary/aromatic N) is 3. The largest absolute Gasteiger partial charge is 0.342 e. The molecule has 0 bridgehead atoms. The highest BCUT2D eigenvalue weighted by Crippen LogP contribution is 2.30. The van der Waals surface area contributed by atoms with Crippen LogP contribution in [0.1, 0.15) is 30.4 Å². The number of piperidine rings is 1. The zero-order chi connectivity index (χ0) is 17.3. The molecule has 0 aliphatic carbocycles. The second kappa shape index (κ2) is 6.64. The Labute approximate surface area is 142 Å². The van der Waals surface area contributed by atoms with Gasteiger partial charge in [-0.25, -0.2) is 0 Å². The third kappa shape index (κ3) is 3.01. The topological polar surface area (TPSA) is 64.4 Å². The fraction of sp³-hybridized carbons (Fsp3) is 0.526. The van der Waals surface area contributed by atoms with Gasteiger partial charge in [0.2, 0.25) is 11.8 Å². The highest BCUT2D eigenvalue weighted by Gasteiger charge is 2.38. The molecular weight excluding hydrogens is 302 g/mol. The number of amides is 2. The van der Waals surface area contributed by atoms with Gasteiger partial charge in [-0.1, -0.05) is 12.1 Å². The summed E-state index contributed by atoms with van der Waals surface area (Å²) in [5, 5.41) is 8.97. The number of anilines is 1. The molecule has 2 fully saturated rings. The number of benzene rings is 1. The van der Waals surface area contributed by atoms with Crippen LogP contribution in [-0.4, -0.2) is 36.3 Å². The van der Waals surface area contributed by atoms with Crippen molar-refractivity contribution < 1.29 is 9.59 Å². The van der Waals surface area contributed by atoms with Crippen LogP contribution in [0.2, 0.25) is 0 Å². The number of carbonyl (C=O) groups excluding carboxylic acids is 2. The quantitative estimate of drug-likeness (QED) is 0.839. The Hall–Kier alpha value is -2.35. The van der Waals surface area contributed by atoms with E-state index < -0.39 is 0 Å². The van der Waals surface area contributed by atoms with Crippen molar-refractivity contribution in [1.82, 2.24) is 4.90 Å². The number of rotatable bonds is 2. The Bertz CT molecular complexity index is 699. The summed E-state index contributed by atoms with van der Waals surface area (Å²) in [6.45, 7) is 5.76. The smallest absolute Gasteiger partial charge is 0.228 e. The van der Waals surface area contributed by atoms with Crippen LogP contribution in [0.25, 0.3) is 0 Å². The van der Waals surface area contributed by atoms with Crippen LogP contribution in [0.15, 0.2) is 18.2 Å². The van der Waals surface area contributed by atoms with Crippen LogP contribution in [0, 0.1) is 37.0 Å². The maximum absolute atomic E-state index is 12.7. The van der Waals surface area contributed by atoms with Crippen molar-refractivity contribution in [2.45, 2.75) is 33.1 Å². The number of hydrogen-bond acceptors (Lipinski definition) is 3. The molecule has 0 radical (unpaired) electrons. The summed E-state index contributed by atoms with van der Waals surface area (Å²) in [6.07, 6.45) is 1.76. The van der Waals surface area contributed by atoms with Crippen molar-refractivity contribution in [3.63, 3.8) is 0 Å². The van der Waals surface area contributed by atoms with Crippen molar-refractivity contribution in [2.24, 2.45) is 11.8 Å². The van der Waals surface area contributed by atoms with Gasteiger partial charge < -0.3 is 9.80 Å². The van der Waals surface area contributed by atoms with Gasteiger partial charge in [0.05, 0.1) is 12.0 Å². The van der Waals surface area contributed by atoms with Gasteiger partial charge in [-0.2, -0.15) is 5.26 Å². The van der Waals surface area contributed by atoms with E-state index in [1.54, 1.807) is 4.90 Å². The first-order valence-electron chi connectivity index (χ1n) is 8.56. The van der Waals surface area contributed by atoms with Crippen molar-refractivity contribution in [3.05, 3.63) is 29.3 Å². The Morgan fingerprint density at radius 3 is 2.62 bits per heavy atom. The standard InChI is InChI=1S/C19H23N3O2/c1-13-4-3-5-17(14(13)2)22-12-16(10-18(22)23)19(24)21-8-6-15(11-20)7-9-21/h3-5,15-16H,6-10,12H2,1-2H3. The first-order valence-corrected chi connectivity index (χ1v) is 8.56. The monoisotopic (exact) mass is 325 g/mol. The molecule has 3 rings (SSSR count). The van der Waals surface area contributed by atoms with E-state index in [9.17, 15) is 9.59 Å². The average molecular weight is 325 g/mol. The van der Waals surface area contributed by atoms with Crippen molar-refractivity contribution >= 4 is 17.5 Å². The van der Waals surface area contributed by atoms with E-state index in [-0.39, 0.29) is 30.1 Å². The van der Waals surface area contributed by atoms with Crippen LogP contribution < -0.4 is 4.90 Å². The zero-order valence-electron chi connectivity index (χ0n) is 14.3. The predicted molar refractivity (Wildman–Crippen MR) is 91.3 cm³/mol. The van der Waals surface area contributed by atoms with Gasteiger partial charge in [-0.3, -0.25) is 9.59 Å². The second-order valence-electron chi connectivity index (χ2n) is 6.85. The molecule has 0 saturated carbocycles. The van der Waals surface area contributed by atoms with Gasteiger partial charge in [0.25, 0.3) is 0 Å². The van der Waals surface area contributed by atoms with Crippen LogP contribution in [0.4, 0.5) is 5.69 Å². The predicted octanol–water partition coefficient (Wildman–Crippen LogP) is 2.42. The van der Waals surface area contributed by atoms with Gasteiger partial charge in [0.15, 0.2) is 0 Å². The van der Waals surface area contributed by atoms with Gasteiger partial charge in [-0.15, -0.1) is 0 Å². The van der Waals surface area contributed by atoms with Gasteiger partial charge in [0, 0.05) is 37.7 Å². The maximum atomic E-state index is 12.7. The molecule has 0 aromatic heterocycles. The molecule has 0 spiro atoms. The lowest BCUT2D eigenvalue weighted by molar-refractivity contribution is -0.136. The van der Waals surface area contributed by atoms with E-state index >= 15 is 0 Å². The van der Waals surface area contributed by atoms with E-state index in [0.717, 1.165) is 29.7 Å². The fourth-order valence-electron chi connectivity index (χ4n) is 3.62. The van der Waals surface area contributed by atoms with Gasteiger partial charge >= 0.3 is 0 Å². The lowest BCUT2D eigenvalue weighted by Gasteiger charge is -2.31. The number of aryl methyl sites for hydroxylation is 1. The number of carbonyl (C=O) groups is 2. The summed E-state index contributed by atoms with van der Waals surface area (Å²) >= 11 is 0. The molecule has 5 nitrogen and oxygen atoms in total. The minimum absolute atomic E-state index is 0.0222. The normalized spacial score (nSPS) is 21.9. The molecule has 24 heavy (non-hydrogen) atoms. The fourth-order valence-corrected chi connectivity index (χ4v) is 3.62. The lowest BCUT2D eigenvalue weighted by atomic mass is 9.97. The molecule has 126 valence electrons. The molecule has 1 aromatic carbocycles. The summed E-state index contributed by atoms with van der Waals surface area (Å²) in [6, 6.07) is 8.21. The molecule has 2 aliphatic heterocycles. The molecule has 1 atom stereocenters. The minimum Gasteiger partial charge on any atom is -0.342 e. The molecule has 2 saturated heterocycles. The Balaban J connectivity index is 1.70. The number of hydrogen-bond donors (Lipinski definition) is 0. The van der Waals surface area contributed by atoms with E-state index in [0.29, 0.717) is 19.6 Å². The summed E-state index contributed by atoms with van der Waals surface area (Å²) < 4.78 is 0. The first-order chi connectivity index (χ1) is 11.5. The highest BCUT2D eigenvalue weighted by atomic mass is 16.2. The summed E-state index contributed by atoms with van der Waals surface area (Å²) in [5.74, 6) is -0.122. The van der Waals surface area contributed by atoms with Crippen molar-refractivity contribution in [3.8, 4) is 6.07 Å². The molecule has 2 aliphatic rings. The van der Waals surface area contributed by atoms with Gasteiger partial charge in [0.1, 0.15) is 0 Å². The van der Waals surface area contributed by atoms with Crippen molar-refractivity contribution in [2.75, 3.05) is 24.5 Å². The highest BCUT2D eigenvalue weighted by molar-refractivity contribution is 6.00. The molecule has 2 heterocycles. The van der Waals surface area contributed by atoms with Crippen LogP contribution in [0.3, 0.4) is 0 Å². The molecular formula is C19H23N3O2. The second-order valence-corrected chi connectivity index (χ2v) is 6.85. The molecule has 0 N–H and O–H groups in total. The number of nitriles is 1. The molecule has 1 unspecified atom stereocenters. The Morgan fingerprint density at radius 1 is 1.25 bits per heavy atom. The first kappa shape index (κ1) is 16.5. The van der Waals surface area contributed by atoms with Crippen LogP contribution in [-0.2, 0) is 9.59 Å². The third-order valence-corrected chi connectivity index (χ3v) is 5.33. The summed E-state index contributed by atoms with van der Waals surface area (Å²) in [4.78, 5) is 28.8. The van der Waals surface area contributed by atoms with Gasteiger partial charge in [-0.05, 0) is 43.9 Å². The summed E-state index contributed by atoms with van der Waals surface area (Å²) in [5.41, 5.74) is 3.15. The third-order valence-electron chi connectivity index (χ3n) is 5.33. The maximum Gasteiger partial charge on any atom is 0.228 e. The van der Waals surface area contributed by atoms with Crippen molar-refractivity contribution in [1.29, 1.82) is 5.26 Å². The lowest BCUT2D eigenvalue weighted by Crippen LogP contribution is -2.42.